The summed E-state index contributed by atoms with van der Waals surface area (Å²) in [5.74, 6) is -0.189. The molecule has 1 heterocycles. The molecule has 2 aromatic carbocycles. The van der Waals surface area contributed by atoms with E-state index in [-0.39, 0.29) is 12.5 Å². The fraction of sp³-hybridized carbons (Fsp3) is 0.238. The summed E-state index contributed by atoms with van der Waals surface area (Å²) in [4.78, 5) is 25.7. The maximum Gasteiger partial charge on any atom is 0.326 e. The van der Waals surface area contributed by atoms with E-state index in [1.807, 2.05) is 24.3 Å². The van der Waals surface area contributed by atoms with Crippen molar-refractivity contribution < 1.29 is 24.2 Å². The van der Waals surface area contributed by atoms with Crippen molar-refractivity contribution in [2.75, 3.05) is 14.2 Å². The monoisotopic (exact) mass is 367 g/mol. The first-order valence-electron chi connectivity index (χ1n) is 8.53. The van der Waals surface area contributed by atoms with E-state index in [0.717, 1.165) is 16.7 Å². The van der Waals surface area contributed by atoms with Crippen molar-refractivity contribution in [3.05, 3.63) is 65.2 Å². The number of benzene rings is 2. The summed E-state index contributed by atoms with van der Waals surface area (Å²) in [6, 6.07) is 12.0. The molecule has 0 radical (unpaired) electrons. The van der Waals surface area contributed by atoms with Crippen molar-refractivity contribution in [3.8, 4) is 11.5 Å². The predicted octanol–water partition coefficient (Wildman–Crippen LogP) is 2.76. The van der Waals surface area contributed by atoms with Gasteiger partial charge in [-0.3, -0.25) is 4.79 Å². The number of hydrogen-bond donors (Lipinski definition) is 1. The first-order chi connectivity index (χ1) is 13.0. The summed E-state index contributed by atoms with van der Waals surface area (Å²) in [5, 5.41) is 9.55. The van der Waals surface area contributed by atoms with Crippen LogP contribution in [0.1, 0.15) is 16.7 Å². The topological polar surface area (TPSA) is 76.1 Å². The molecular formula is C21H21NO5. The molecule has 0 saturated heterocycles. The van der Waals surface area contributed by atoms with Crippen molar-refractivity contribution in [1.82, 2.24) is 4.90 Å². The molecule has 2 aromatic rings. The molecule has 0 fully saturated rings. The zero-order valence-corrected chi connectivity index (χ0v) is 15.2. The third-order valence-electron chi connectivity index (χ3n) is 4.64. The van der Waals surface area contributed by atoms with Gasteiger partial charge in [-0.15, -0.1) is 0 Å². The summed E-state index contributed by atoms with van der Waals surface area (Å²) in [6.07, 6.45) is 3.34. The first-order valence-corrected chi connectivity index (χ1v) is 8.53. The molecule has 1 aliphatic heterocycles. The third kappa shape index (κ3) is 3.95. The number of rotatable bonds is 5. The summed E-state index contributed by atoms with van der Waals surface area (Å²) in [6.45, 7) is 0.280. The van der Waals surface area contributed by atoms with Crippen molar-refractivity contribution in [3.63, 3.8) is 0 Å². The average molecular weight is 367 g/mol. The molecule has 0 bridgehead atoms. The third-order valence-corrected chi connectivity index (χ3v) is 4.64. The fourth-order valence-corrected chi connectivity index (χ4v) is 3.19. The number of ether oxygens (including phenoxy) is 2. The standard InChI is InChI=1S/C21H21NO5/c1-26-18-9-7-14(11-19(18)27-2)8-10-20(23)22-13-16-6-4-3-5-15(16)12-17(22)21(24)25/h3-11,17H,12-13H2,1-2H3,(H,24,25)/b10-8+. The van der Waals surface area contributed by atoms with Gasteiger partial charge < -0.3 is 19.5 Å². The molecule has 27 heavy (non-hydrogen) atoms. The molecule has 1 N–H and O–H groups in total. The largest absolute Gasteiger partial charge is 0.493 e. The maximum atomic E-state index is 12.7. The van der Waals surface area contributed by atoms with Crippen LogP contribution in [0.5, 0.6) is 11.5 Å². The second-order valence-corrected chi connectivity index (χ2v) is 6.24. The second kappa shape index (κ2) is 7.95. The van der Waals surface area contributed by atoms with Crippen LogP contribution in [-0.2, 0) is 22.6 Å². The van der Waals surface area contributed by atoms with Crippen LogP contribution in [0.25, 0.3) is 6.08 Å². The molecule has 1 unspecified atom stereocenters. The van der Waals surface area contributed by atoms with E-state index in [9.17, 15) is 14.7 Å². The van der Waals surface area contributed by atoms with Crippen molar-refractivity contribution in [2.24, 2.45) is 0 Å². The molecule has 0 saturated carbocycles. The highest BCUT2D eigenvalue weighted by molar-refractivity contribution is 5.95. The Morgan fingerprint density at radius 3 is 2.44 bits per heavy atom. The molecule has 1 amide bonds. The molecule has 1 aliphatic rings. The Kier molecular flexibility index (Phi) is 5.45. The van der Waals surface area contributed by atoms with Gasteiger partial charge in [0, 0.05) is 19.0 Å². The van der Waals surface area contributed by atoms with Gasteiger partial charge in [0.15, 0.2) is 11.5 Å². The van der Waals surface area contributed by atoms with Gasteiger partial charge in [0.25, 0.3) is 0 Å². The Labute approximate surface area is 157 Å². The molecule has 6 nitrogen and oxygen atoms in total. The fourth-order valence-electron chi connectivity index (χ4n) is 3.19. The van der Waals surface area contributed by atoms with Gasteiger partial charge in [0.1, 0.15) is 6.04 Å². The highest BCUT2D eigenvalue weighted by Crippen LogP contribution is 2.28. The summed E-state index contributed by atoms with van der Waals surface area (Å²) < 4.78 is 10.5. The number of nitrogens with zero attached hydrogens (tertiary/aromatic N) is 1. The lowest BCUT2D eigenvalue weighted by atomic mass is 9.94. The summed E-state index contributed by atoms with van der Waals surface area (Å²) in [5.41, 5.74) is 2.70. The number of amides is 1. The number of fused-ring (bicyclic) bond motifs is 1. The lowest BCUT2D eigenvalue weighted by molar-refractivity contribution is -0.149. The normalized spacial score (nSPS) is 16.1. The van der Waals surface area contributed by atoms with E-state index in [0.29, 0.717) is 17.9 Å². The minimum atomic E-state index is -1.00. The Morgan fingerprint density at radius 2 is 1.78 bits per heavy atom. The predicted molar refractivity (Wildman–Crippen MR) is 101 cm³/mol. The highest BCUT2D eigenvalue weighted by atomic mass is 16.5. The minimum Gasteiger partial charge on any atom is -0.493 e. The van der Waals surface area contributed by atoms with Gasteiger partial charge in [0.2, 0.25) is 5.91 Å². The van der Waals surface area contributed by atoms with Gasteiger partial charge in [0.05, 0.1) is 14.2 Å². The van der Waals surface area contributed by atoms with Crippen LogP contribution in [0.15, 0.2) is 48.5 Å². The van der Waals surface area contributed by atoms with Gasteiger partial charge in [-0.2, -0.15) is 0 Å². The smallest absolute Gasteiger partial charge is 0.326 e. The summed E-state index contributed by atoms with van der Waals surface area (Å²) >= 11 is 0. The molecule has 0 aromatic heterocycles. The zero-order valence-electron chi connectivity index (χ0n) is 15.2. The van der Waals surface area contributed by atoms with Crippen LogP contribution in [0, 0.1) is 0 Å². The van der Waals surface area contributed by atoms with Gasteiger partial charge >= 0.3 is 5.97 Å². The van der Waals surface area contributed by atoms with Gasteiger partial charge in [-0.25, -0.2) is 4.79 Å². The van der Waals surface area contributed by atoms with Crippen LogP contribution in [0.3, 0.4) is 0 Å². The molecule has 6 heteroatoms. The number of carboxylic acid groups (broad SMARTS) is 1. The van der Waals surface area contributed by atoms with E-state index >= 15 is 0 Å². The molecule has 1 atom stereocenters. The van der Waals surface area contributed by atoms with Crippen molar-refractivity contribution in [1.29, 1.82) is 0 Å². The number of carboxylic acids is 1. The quantitative estimate of drug-likeness (QED) is 0.823. The molecule has 0 aliphatic carbocycles. The molecule has 140 valence electrons. The van der Waals surface area contributed by atoms with E-state index in [4.69, 9.17) is 9.47 Å². The lowest BCUT2D eigenvalue weighted by Crippen LogP contribution is -2.48. The number of carbonyl (C=O) groups excluding carboxylic acids is 1. The Bertz CT molecular complexity index is 890. The number of aliphatic carboxylic acids is 1. The Morgan fingerprint density at radius 1 is 1.07 bits per heavy atom. The van der Waals surface area contributed by atoms with Crippen LogP contribution >= 0.6 is 0 Å². The SMILES string of the molecule is COc1ccc(/C=C/C(=O)N2Cc3ccccc3CC2C(=O)O)cc1OC. The highest BCUT2D eigenvalue weighted by Gasteiger charge is 2.33. The maximum absolute atomic E-state index is 12.7. The molecule has 0 spiro atoms. The van der Waals surface area contributed by atoms with Crippen LogP contribution < -0.4 is 9.47 Å². The van der Waals surface area contributed by atoms with E-state index in [2.05, 4.69) is 0 Å². The van der Waals surface area contributed by atoms with E-state index in [1.165, 1.54) is 11.0 Å². The van der Waals surface area contributed by atoms with Crippen LogP contribution in [-0.4, -0.2) is 42.1 Å². The second-order valence-electron chi connectivity index (χ2n) is 6.24. The number of hydrogen-bond acceptors (Lipinski definition) is 4. The van der Waals surface area contributed by atoms with Gasteiger partial charge in [-0.05, 0) is 34.9 Å². The number of methoxy groups -OCH3 is 2. The Hall–Kier alpha value is -3.28. The average Bonchev–Trinajstić information content (AvgIpc) is 2.70. The van der Waals surface area contributed by atoms with Crippen LogP contribution in [0.2, 0.25) is 0 Å². The first kappa shape index (κ1) is 18.5. The van der Waals surface area contributed by atoms with E-state index in [1.54, 1.807) is 38.5 Å². The van der Waals surface area contributed by atoms with E-state index < -0.39 is 12.0 Å². The lowest BCUT2D eigenvalue weighted by Gasteiger charge is -2.33. The summed E-state index contributed by atoms with van der Waals surface area (Å²) in [7, 11) is 3.09. The van der Waals surface area contributed by atoms with Crippen LogP contribution in [0.4, 0.5) is 0 Å². The minimum absolute atomic E-state index is 0.280. The zero-order chi connectivity index (χ0) is 19.4. The Balaban J connectivity index is 1.82. The molecule has 3 rings (SSSR count). The molecular weight excluding hydrogens is 346 g/mol. The van der Waals surface area contributed by atoms with Gasteiger partial charge in [-0.1, -0.05) is 30.3 Å². The van der Waals surface area contributed by atoms with Crippen molar-refractivity contribution >= 4 is 18.0 Å². The number of carbonyl (C=O) groups is 2. The van der Waals surface area contributed by atoms with Crippen molar-refractivity contribution in [2.45, 2.75) is 19.0 Å².